The molecule has 0 radical (unpaired) electrons. The highest BCUT2D eigenvalue weighted by atomic mass is 79.9. The largest absolute Gasteiger partial charge is 0.507 e. The maximum atomic E-state index is 13.2. The number of nitrogens with zero attached hydrogens (tertiary/aromatic N) is 2. The Labute approximate surface area is 198 Å². The summed E-state index contributed by atoms with van der Waals surface area (Å²) in [4.78, 5) is 31.8. The van der Waals surface area contributed by atoms with E-state index in [2.05, 4.69) is 20.9 Å². The number of fused-ring (bicyclic) bond motifs is 1. The molecule has 3 aromatic rings. The van der Waals surface area contributed by atoms with Crippen LogP contribution in [0.25, 0.3) is 5.76 Å². The third-order valence-electron chi connectivity index (χ3n) is 5.62. The second-order valence-corrected chi connectivity index (χ2v) is 8.61. The van der Waals surface area contributed by atoms with Gasteiger partial charge in [-0.3, -0.25) is 14.6 Å². The molecule has 0 unspecified atom stereocenters. The Hall–Kier alpha value is -3.65. The fraction of sp³-hybridized carbons (Fsp3) is 0.160. The fourth-order valence-electron chi connectivity index (χ4n) is 4.07. The van der Waals surface area contributed by atoms with E-state index in [0.29, 0.717) is 35.8 Å². The van der Waals surface area contributed by atoms with Crippen molar-refractivity contribution in [3.05, 3.63) is 93.7 Å². The number of ether oxygens (including phenoxy) is 2. The van der Waals surface area contributed by atoms with Crippen LogP contribution < -0.4 is 9.47 Å². The molecule has 0 spiro atoms. The van der Waals surface area contributed by atoms with Gasteiger partial charge in [-0.15, -0.1) is 0 Å². The van der Waals surface area contributed by atoms with Gasteiger partial charge in [-0.05, 0) is 47.5 Å². The molecule has 2 aromatic carbocycles. The van der Waals surface area contributed by atoms with Gasteiger partial charge in [0.05, 0.1) is 11.6 Å². The summed E-state index contributed by atoms with van der Waals surface area (Å²) in [7, 11) is 0. The van der Waals surface area contributed by atoms with Crippen molar-refractivity contribution in [3.8, 4) is 11.5 Å². The van der Waals surface area contributed by atoms with Gasteiger partial charge in [0.1, 0.15) is 19.0 Å². The number of aromatic nitrogens is 1. The molecule has 7 nitrogen and oxygen atoms in total. The van der Waals surface area contributed by atoms with Crippen LogP contribution in [0, 0.1) is 0 Å². The molecule has 0 bridgehead atoms. The summed E-state index contributed by atoms with van der Waals surface area (Å²) in [5.41, 5.74) is 1.89. The number of carbonyl (C=O) groups is 2. The standard InChI is InChI=1S/C25H19BrN2O5/c26-18-6-3-16(4-7-18)22-21(23(29)17-5-8-19-20(12-17)33-11-10-32-19)24(30)25(31)28(22)14-15-2-1-9-27-13-15/h1-9,12-13,22,29H,10-11,14H2/b23-21+/t22-/m0/s1. The number of likely N-dealkylation sites (tertiary alicyclic amines) is 1. The first-order valence-corrected chi connectivity index (χ1v) is 11.1. The van der Waals surface area contributed by atoms with E-state index in [4.69, 9.17) is 9.47 Å². The fourth-order valence-corrected chi connectivity index (χ4v) is 4.33. The number of carbonyl (C=O) groups excluding carboxylic acids is 2. The monoisotopic (exact) mass is 506 g/mol. The number of Topliss-reactive ketones (excluding diaryl/α,β-unsaturated/α-hetero) is 1. The van der Waals surface area contributed by atoms with Crippen LogP contribution in [0.15, 0.2) is 77.0 Å². The van der Waals surface area contributed by atoms with E-state index in [1.165, 1.54) is 4.90 Å². The Morgan fingerprint density at radius 3 is 2.55 bits per heavy atom. The molecule has 8 heteroatoms. The summed E-state index contributed by atoms with van der Waals surface area (Å²) in [6, 6.07) is 15.1. The minimum atomic E-state index is -0.758. The maximum Gasteiger partial charge on any atom is 0.295 e. The number of pyridine rings is 1. The molecule has 1 N–H and O–H groups in total. The summed E-state index contributed by atoms with van der Waals surface area (Å²) >= 11 is 3.42. The zero-order chi connectivity index (χ0) is 22.9. The van der Waals surface area contributed by atoms with Crippen LogP contribution in [-0.4, -0.2) is 39.9 Å². The molecule has 1 aromatic heterocycles. The topological polar surface area (TPSA) is 89.0 Å². The highest BCUT2D eigenvalue weighted by Gasteiger charge is 2.46. The second-order valence-electron chi connectivity index (χ2n) is 7.70. The van der Waals surface area contributed by atoms with Crippen LogP contribution in [-0.2, 0) is 16.1 Å². The summed E-state index contributed by atoms with van der Waals surface area (Å²) in [6.45, 7) is 1.02. The zero-order valence-electron chi connectivity index (χ0n) is 17.4. The second kappa shape index (κ2) is 8.71. The van der Waals surface area contributed by atoms with Crippen LogP contribution in [0.3, 0.4) is 0 Å². The minimum Gasteiger partial charge on any atom is -0.507 e. The number of benzene rings is 2. The van der Waals surface area contributed by atoms with Crippen LogP contribution >= 0.6 is 15.9 Å². The molecule has 1 atom stereocenters. The lowest BCUT2D eigenvalue weighted by Crippen LogP contribution is -2.29. The van der Waals surface area contributed by atoms with E-state index in [0.717, 1.165) is 10.0 Å². The van der Waals surface area contributed by atoms with Crippen molar-refractivity contribution >= 4 is 33.4 Å². The number of halogens is 1. The summed E-state index contributed by atoms with van der Waals surface area (Å²) in [6.07, 6.45) is 3.30. The average Bonchev–Trinajstić information content (AvgIpc) is 3.09. The van der Waals surface area contributed by atoms with Gasteiger partial charge in [0, 0.05) is 29.0 Å². The lowest BCUT2D eigenvalue weighted by molar-refractivity contribution is -0.140. The Kier molecular flexibility index (Phi) is 5.60. The molecule has 3 heterocycles. The van der Waals surface area contributed by atoms with Gasteiger partial charge in [0.25, 0.3) is 11.7 Å². The van der Waals surface area contributed by atoms with E-state index in [-0.39, 0.29) is 17.9 Å². The van der Waals surface area contributed by atoms with Crippen LogP contribution in [0.1, 0.15) is 22.7 Å². The van der Waals surface area contributed by atoms with Crippen molar-refractivity contribution in [1.82, 2.24) is 9.88 Å². The number of ketones is 1. The Morgan fingerprint density at radius 1 is 1.06 bits per heavy atom. The third-order valence-corrected chi connectivity index (χ3v) is 6.15. The quantitative estimate of drug-likeness (QED) is 0.323. The molecule has 0 saturated carbocycles. The molecule has 1 amide bonds. The van der Waals surface area contributed by atoms with Gasteiger partial charge in [-0.2, -0.15) is 0 Å². The lowest BCUT2D eigenvalue weighted by atomic mass is 9.95. The maximum absolute atomic E-state index is 13.2. The number of rotatable bonds is 4. The van der Waals surface area contributed by atoms with Gasteiger partial charge in [-0.25, -0.2) is 0 Å². The van der Waals surface area contributed by atoms with Crippen molar-refractivity contribution in [2.75, 3.05) is 13.2 Å². The molecule has 1 fully saturated rings. The predicted molar refractivity (Wildman–Crippen MR) is 124 cm³/mol. The number of hydrogen-bond donors (Lipinski definition) is 1. The number of aliphatic hydroxyl groups is 1. The molecule has 2 aliphatic heterocycles. The van der Waals surface area contributed by atoms with Gasteiger partial charge in [-0.1, -0.05) is 34.1 Å². The number of amides is 1. The van der Waals surface area contributed by atoms with E-state index in [9.17, 15) is 14.7 Å². The Balaban J connectivity index is 1.63. The molecular formula is C25H19BrN2O5. The molecule has 166 valence electrons. The summed E-state index contributed by atoms with van der Waals surface area (Å²) in [5.74, 6) is -0.619. The minimum absolute atomic E-state index is 0.0305. The van der Waals surface area contributed by atoms with Crippen molar-refractivity contribution in [2.24, 2.45) is 0 Å². The number of aliphatic hydroxyl groups excluding tert-OH is 1. The zero-order valence-corrected chi connectivity index (χ0v) is 19.0. The van der Waals surface area contributed by atoms with Gasteiger partial charge >= 0.3 is 0 Å². The van der Waals surface area contributed by atoms with Crippen molar-refractivity contribution < 1.29 is 24.2 Å². The van der Waals surface area contributed by atoms with E-state index in [1.54, 1.807) is 36.7 Å². The van der Waals surface area contributed by atoms with E-state index >= 15 is 0 Å². The normalized spacial score (nSPS) is 19.1. The molecule has 5 rings (SSSR count). The lowest BCUT2D eigenvalue weighted by Gasteiger charge is -2.25. The smallest absolute Gasteiger partial charge is 0.295 e. The van der Waals surface area contributed by atoms with Crippen molar-refractivity contribution in [2.45, 2.75) is 12.6 Å². The highest BCUT2D eigenvalue weighted by Crippen LogP contribution is 2.42. The van der Waals surface area contributed by atoms with Crippen molar-refractivity contribution in [1.29, 1.82) is 0 Å². The molecule has 1 saturated heterocycles. The summed E-state index contributed by atoms with van der Waals surface area (Å²) < 4.78 is 12.0. The first-order valence-electron chi connectivity index (χ1n) is 10.4. The highest BCUT2D eigenvalue weighted by molar-refractivity contribution is 9.10. The van der Waals surface area contributed by atoms with Gasteiger partial charge < -0.3 is 19.5 Å². The molecule has 33 heavy (non-hydrogen) atoms. The van der Waals surface area contributed by atoms with Crippen LogP contribution in [0.5, 0.6) is 11.5 Å². The molecule has 2 aliphatic rings. The van der Waals surface area contributed by atoms with Gasteiger partial charge in [0.2, 0.25) is 0 Å². The van der Waals surface area contributed by atoms with Crippen LogP contribution in [0.4, 0.5) is 0 Å². The Bertz CT molecular complexity index is 1260. The SMILES string of the molecule is O=C1C(=O)N(Cc2cccnc2)[C@@H](c2ccc(Br)cc2)/C1=C(\O)c1ccc2c(c1)OCCO2. The van der Waals surface area contributed by atoms with Crippen molar-refractivity contribution in [3.63, 3.8) is 0 Å². The molecular weight excluding hydrogens is 488 g/mol. The van der Waals surface area contributed by atoms with E-state index < -0.39 is 17.7 Å². The van der Waals surface area contributed by atoms with Gasteiger partial charge in [0.15, 0.2) is 11.5 Å². The first-order chi connectivity index (χ1) is 16.0. The van der Waals surface area contributed by atoms with Crippen LogP contribution in [0.2, 0.25) is 0 Å². The number of hydrogen-bond acceptors (Lipinski definition) is 6. The molecule has 0 aliphatic carbocycles. The summed E-state index contributed by atoms with van der Waals surface area (Å²) in [5, 5.41) is 11.2. The first kappa shape index (κ1) is 21.2. The average molecular weight is 507 g/mol. The Morgan fingerprint density at radius 2 is 1.82 bits per heavy atom. The van der Waals surface area contributed by atoms with E-state index in [1.807, 2.05) is 30.3 Å². The third kappa shape index (κ3) is 3.98. The predicted octanol–water partition coefficient (Wildman–Crippen LogP) is 4.24.